The first-order valence-electron chi connectivity index (χ1n) is 7.58. The molecule has 0 spiro atoms. The fourth-order valence-corrected chi connectivity index (χ4v) is 3.06. The van der Waals surface area contributed by atoms with Crippen LogP contribution in [0.1, 0.15) is 46.0 Å². The van der Waals surface area contributed by atoms with Gasteiger partial charge in [-0.15, -0.1) is 0 Å². The number of hydrogen-bond acceptors (Lipinski definition) is 3. The summed E-state index contributed by atoms with van der Waals surface area (Å²) in [5.41, 5.74) is 6.11. The molecule has 1 amide bonds. The maximum absolute atomic E-state index is 12.4. The summed E-state index contributed by atoms with van der Waals surface area (Å²) in [7, 11) is 1.89. The third-order valence-electron chi connectivity index (χ3n) is 4.53. The van der Waals surface area contributed by atoms with E-state index in [-0.39, 0.29) is 24.5 Å². The predicted molar refractivity (Wildman–Crippen MR) is 77.6 cm³/mol. The smallest absolute Gasteiger partial charge is 0.225 e. The second kappa shape index (κ2) is 7.85. The molecular weight excluding hydrogens is 240 g/mol. The second-order valence-corrected chi connectivity index (χ2v) is 6.24. The molecule has 112 valence electrons. The van der Waals surface area contributed by atoms with Gasteiger partial charge in [-0.3, -0.25) is 4.79 Å². The molecule has 1 saturated carbocycles. The summed E-state index contributed by atoms with van der Waals surface area (Å²) in [4.78, 5) is 14.3. The van der Waals surface area contributed by atoms with Crippen LogP contribution in [-0.2, 0) is 4.79 Å². The standard InChI is InChI=1S/C15H30N2O2/c1-11-9-12(2)14(16)10-13(11)15(19)17(3)7-5-4-6-8-18/h11-14,18H,4-10,16H2,1-3H3. The van der Waals surface area contributed by atoms with Crippen molar-refractivity contribution < 1.29 is 9.90 Å². The quantitative estimate of drug-likeness (QED) is 0.721. The van der Waals surface area contributed by atoms with Crippen LogP contribution >= 0.6 is 0 Å². The molecule has 1 aliphatic rings. The Hall–Kier alpha value is -0.610. The zero-order valence-corrected chi connectivity index (χ0v) is 12.6. The largest absolute Gasteiger partial charge is 0.396 e. The molecule has 0 aromatic carbocycles. The van der Waals surface area contributed by atoms with Crippen molar-refractivity contribution in [1.29, 1.82) is 0 Å². The summed E-state index contributed by atoms with van der Waals surface area (Å²) in [6.07, 6.45) is 4.64. The van der Waals surface area contributed by atoms with Gasteiger partial charge in [0.2, 0.25) is 5.91 Å². The Kier molecular flexibility index (Phi) is 6.80. The number of unbranched alkanes of at least 4 members (excludes halogenated alkanes) is 2. The summed E-state index contributed by atoms with van der Waals surface area (Å²) in [6.45, 7) is 5.38. The average Bonchev–Trinajstić information content (AvgIpc) is 2.38. The Morgan fingerprint density at radius 2 is 1.89 bits per heavy atom. The number of nitrogens with two attached hydrogens (primary N) is 1. The summed E-state index contributed by atoms with van der Waals surface area (Å²) >= 11 is 0. The second-order valence-electron chi connectivity index (χ2n) is 6.24. The van der Waals surface area contributed by atoms with E-state index < -0.39 is 0 Å². The molecule has 3 N–H and O–H groups in total. The summed E-state index contributed by atoms with van der Waals surface area (Å²) < 4.78 is 0. The first-order valence-corrected chi connectivity index (χ1v) is 7.58. The van der Waals surface area contributed by atoms with Crippen molar-refractivity contribution in [1.82, 2.24) is 4.90 Å². The number of amides is 1. The zero-order valence-electron chi connectivity index (χ0n) is 12.6. The molecule has 4 unspecified atom stereocenters. The van der Waals surface area contributed by atoms with Crippen LogP contribution < -0.4 is 5.73 Å². The highest BCUT2D eigenvalue weighted by molar-refractivity contribution is 5.79. The molecule has 0 heterocycles. The van der Waals surface area contributed by atoms with E-state index in [9.17, 15) is 4.79 Å². The topological polar surface area (TPSA) is 66.6 Å². The summed E-state index contributed by atoms with van der Waals surface area (Å²) in [5, 5.41) is 8.74. The maximum Gasteiger partial charge on any atom is 0.225 e. The van der Waals surface area contributed by atoms with Crippen LogP contribution in [0.4, 0.5) is 0 Å². The fourth-order valence-electron chi connectivity index (χ4n) is 3.06. The lowest BCUT2D eigenvalue weighted by atomic mass is 9.72. The van der Waals surface area contributed by atoms with Gasteiger partial charge in [-0.2, -0.15) is 0 Å². The summed E-state index contributed by atoms with van der Waals surface area (Å²) in [5.74, 6) is 1.30. The number of carbonyl (C=O) groups is 1. The minimum atomic E-state index is 0.0917. The van der Waals surface area contributed by atoms with Gasteiger partial charge >= 0.3 is 0 Å². The molecule has 0 aromatic heterocycles. The Labute approximate surface area is 117 Å². The van der Waals surface area contributed by atoms with Crippen LogP contribution in [0.3, 0.4) is 0 Å². The summed E-state index contributed by atoms with van der Waals surface area (Å²) in [6, 6.07) is 0.160. The number of rotatable bonds is 6. The molecule has 0 radical (unpaired) electrons. The normalized spacial score (nSPS) is 31.2. The molecule has 0 aliphatic heterocycles. The number of carbonyl (C=O) groups excluding carboxylic acids is 1. The van der Waals surface area contributed by atoms with Crippen molar-refractivity contribution in [2.45, 2.75) is 52.0 Å². The lowest BCUT2D eigenvalue weighted by Crippen LogP contribution is -2.45. The predicted octanol–water partition coefficient (Wildman–Crippen LogP) is 1.62. The van der Waals surface area contributed by atoms with Gasteiger partial charge in [-0.05, 0) is 43.9 Å². The first-order chi connectivity index (χ1) is 8.97. The molecular formula is C15H30N2O2. The van der Waals surface area contributed by atoms with E-state index in [0.29, 0.717) is 11.8 Å². The van der Waals surface area contributed by atoms with Crippen molar-refractivity contribution >= 4 is 5.91 Å². The van der Waals surface area contributed by atoms with Crippen LogP contribution in [0.5, 0.6) is 0 Å². The van der Waals surface area contributed by atoms with Gasteiger partial charge in [0.05, 0.1) is 0 Å². The lowest BCUT2D eigenvalue weighted by Gasteiger charge is -2.37. The van der Waals surface area contributed by atoms with E-state index in [0.717, 1.165) is 38.6 Å². The van der Waals surface area contributed by atoms with Gasteiger partial charge < -0.3 is 15.7 Å². The molecule has 19 heavy (non-hydrogen) atoms. The van der Waals surface area contributed by atoms with Crippen molar-refractivity contribution in [2.75, 3.05) is 20.2 Å². The van der Waals surface area contributed by atoms with Crippen LogP contribution in [0.25, 0.3) is 0 Å². The maximum atomic E-state index is 12.4. The first kappa shape index (κ1) is 16.4. The van der Waals surface area contributed by atoms with Gasteiger partial charge in [0.1, 0.15) is 0 Å². The molecule has 1 fully saturated rings. The van der Waals surface area contributed by atoms with Gasteiger partial charge in [-0.25, -0.2) is 0 Å². The molecule has 0 aromatic rings. The van der Waals surface area contributed by atoms with Crippen LogP contribution in [-0.4, -0.2) is 42.2 Å². The van der Waals surface area contributed by atoms with E-state index in [1.807, 2.05) is 11.9 Å². The lowest BCUT2D eigenvalue weighted by molar-refractivity contribution is -0.137. The van der Waals surface area contributed by atoms with Gasteiger partial charge in [0.15, 0.2) is 0 Å². The highest BCUT2D eigenvalue weighted by Gasteiger charge is 2.36. The Bertz CT molecular complexity index is 283. The van der Waals surface area contributed by atoms with E-state index in [2.05, 4.69) is 13.8 Å². The van der Waals surface area contributed by atoms with Crippen LogP contribution in [0.15, 0.2) is 0 Å². The molecule has 1 rings (SSSR count). The Balaban J connectivity index is 2.42. The van der Waals surface area contributed by atoms with E-state index in [1.54, 1.807) is 0 Å². The van der Waals surface area contributed by atoms with E-state index in [4.69, 9.17) is 10.8 Å². The number of hydrogen-bond donors (Lipinski definition) is 2. The van der Waals surface area contributed by atoms with Crippen molar-refractivity contribution in [3.63, 3.8) is 0 Å². The Morgan fingerprint density at radius 1 is 1.21 bits per heavy atom. The molecule has 4 atom stereocenters. The minimum absolute atomic E-state index is 0.0917. The van der Waals surface area contributed by atoms with E-state index in [1.165, 1.54) is 0 Å². The third-order valence-corrected chi connectivity index (χ3v) is 4.53. The van der Waals surface area contributed by atoms with Crippen LogP contribution in [0.2, 0.25) is 0 Å². The number of aliphatic hydroxyl groups is 1. The highest BCUT2D eigenvalue weighted by atomic mass is 16.2. The number of aliphatic hydroxyl groups excluding tert-OH is 1. The molecule has 4 heteroatoms. The van der Waals surface area contributed by atoms with Crippen molar-refractivity contribution in [2.24, 2.45) is 23.5 Å². The SMILES string of the molecule is CC1CC(C)C(C(=O)N(C)CCCCCO)CC1N. The monoisotopic (exact) mass is 270 g/mol. The Morgan fingerprint density at radius 3 is 2.53 bits per heavy atom. The molecule has 0 bridgehead atoms. The van der Waals surface area contributed by atoms with Crippen molar-refractivity contribution in [3.05, 3.63) is 0 Å². The van der Waals surface area contributed by atoms with Crippen LogP contribution in [0, 0.1) is 17.8 Å². The van der Waals surface area contributed by atoms with Gasteiger partial charge in [-0.1, -0.05) is 13.8 Å². The van der Waals surface area contributed by atoms with Gasteiger partial charge in [0.25, 0.3) is 0 Å². The zero-order chi connectivity index (χ0) is 14.4. The minimum Gasteiger partial charge on any atom is -0.396 e. The fraction of sp³-hybridized carbons (Fsp3) is 0.933. The van der Waals surface area contributed by atoms with E-state index >= 15 is 0 Å². The number of nitrogens with zero attached hydrogens (tertiary/aromatic N) is 1. The average molecular weight is 270 g/mol. The molecule has 4 nitrogen and oxygen atoms in total. The highest BCUT2D eigenvalue weighted by Crippen LogP contribution is 2.33. The third kappa shape index (κ3) is 4.77. The molecule has 1 aliphatic carbocycles. The van der Waals surface area contributed by atoms with Gasteiger partial charge in [0, 0.05) is 32.2 Å². The van der Waals surface area contributed by atoms with Crippen molar-refractivity contribution in [3.8, 4) is 0 Å². The molecule has 0 saturated heterocycles.